The van der Waals surface area contributed by atoms with Gasteiger partial charge < -0.3 is 20.4 Å². The van der Waals surface area contributed by atoms with Gasteiger partial charge in [-0.05, 0) is 37.0 Å². The topological polar surface area (TPSA) is 89.9 Å². The van der Waals surface area contributed by atoms with E-state index in [1.165, 1.54) is 18.2 Å². The zero-order chi connectivity index (χ0) is 15.4. The van der Waals surface area contributed by atoms with E-state index in [-0.39, 0.29) is 23.9 Å². The van der Waals surface area contributed by atoms with E-state index in [0.29, 0.717) is 30.5 Å². The zero-order valence-electron chi connectivity index (χ0n) is 11.4. The summed E-state index contributed by atoms with van der Waals surface area (Å²) >= 11 is 5.77. The van der Waals surface area contributed by atoms with Gasteiger partial charge >= 0.3 is 12.0 Å². The summed E-state index contributed by atoms with van der Waals surface area (Å²) in [7, 11) is 0. The number of carbonyl (C=O) groups is 2. The van der Waals surface area contributed by atoms with Crippen LogP contribution in [0.25, 0.3) is 0 Å². The van der Waals surface area contributed by atoms with Crippen LogP contribution in [0.1, 0.15) is 23.2 Å². The molecule has 1 aromatic rings. The number of hydrogen-bond donors (Lipinski definition) is 3. The largest absolute Gasteiger partial charge is 0.478 e. The van der Waals surface area contributed by atoms with Crippen molar-refractivity contribution in [1.82, 2.24) is 4.90 Å². The van der Waals surface area contributed by atoms with Gasteiger partial charge in [0, 0.05) is 24.7 Å². The molecule has 0 aliphatic carbocycles. The molecular weight excluding hydrogens is 296 g/mol. The molecule has 114 valence electrons. The minimum atomic E-state index is -1.15. The number of likely N-dealkylation sites (tertiary alicyclic amines) is 1. The Hall–Kier alpha value is -1.79. The Morgan fingerprint density at radius 2 is 2.19 bits per heavy atom. The quantitative estimate of drug-likeness (QED) is 0.795. The fraction of sp³-hybridized carbons (Fsp3) is 0.429. The summed E-state index contributed by atoms with van der Waals surface area (Å²) < 4.78 is 0. The highest BCUT2D eigenvalue weighted by Gasteiger charge is 2.26. The van der Waals surface area contributed by atoms with Crippen molar-refractivity contribution in [2.75, 3.05) is 25.0 Å². The number of halogens is 1. The second-order valence-corrected chi connectivity index (χ2v) is 5.47. The molecule has 1 atom stereocenters. The molecule has 2 amide bonds. The average molecular weight is 313 g/mol. The predicted octanol–water partition coefficient (Wildman–Crippen LogP) is 2.27. The Balaban J connectivity index is 2.05. The number of amides is 2. The maximum absolute atomic E-state index is 12.2. The van der Waals surface area contributed by atoms with Crippen LogP contribution in [0.3, 0.4) is 0 Å². The van der Waals surface area contributed by atoms with Crippen LogP contribution in [-0.2, 0) is 0 Å². The number of aliphatic hydroxyl groups is 1. The Morgan fingerprint density at radius 1 is 1.43 bits per heavy atom. The van der Waals surface area contributed by atoms with Crippen LogP contribution >= 0.6 is 11.6 Å². The summed E-state index contributed by atoms with van der Waals surface area (Å²) in [5.41, 5.74) is 0.185. The first-order chi connectivity index (χ1) is 10.0. The number of urea groups is 1. The molecule has 1 aliphatic rings. The normalized spacial score (nSPS) is 17.8. The van der Waals surface area contributed by atoms with Crippen molar-refractivity contribution in [2.24, 2.45) is 5.92 Å². The summed E-state index contributed by atoms with van der Waals surface area (Å²) in [4.78, 5) is 24.9. The third-order valence-corrected chi connectivity index (χ3v) is 3.80. The van der Waals surface area contributed by atoms with Crippen LogP contribution in [0, 0.1) is 5.92 Å². The highest BCUT2D eigenvalue weighted by Crippen LogP contribution is 2.23. The van der Waals surface area contributed by atoms with E-state index in [4.69, 9.17) is 21.8 Å². The summed E-state index contributed by atoms with van der Waals surface area (Å²) in [5, 5.41) is 21.0. The van der Waals surface area contributed by atoms with Gasteiger partial charge in [0.05, 0.1) is 11.3 Å². The number of nitrogens with zero attached hydrogens (tertiary/aromatic N) is 1. The standard InChI is InChI=1S/C14H17ClN2O4/c15-10-1-2-12(11(7-10)13(19)20)16-14(21)17-5-3-9(8-17)4-6-18/h1-2,7,9,18H,3-6,8H2,(H,16,21)(H,19,20). The van der Waals surface area contributed by atoms with Gasteiger partial charge in [-0.15, -0.1) is 0 Å². The molecule has 0 radical (unpaired) electrons. The zero-order valence-corrected chi connectivity index (χ0v) is 12.1. The highest BCUT2D eigenvalue weighted by atomic mass is 35.5. The van der Waals surface area contributed by atoms with Gasteiger partial charge in [0.25, 0.3) is 0 Å². The summed E-state index contributed by atoms with van der Waals surface area (Å²) in [5.74, 6) is -0.850. The number of carboxylic acid groups (broad SMARTS) is 1. The number of carboxylic acids is 1. The molecular formula is C14H17ClN2O4. The molecule has 6 nitrogen and oxygen atoms in total. The molecule has 2 rings (SSSR count). The molecule has 1 aliphatic heterocycles. The molecule has 0 saturated carbocycles. The van der Waals surface area contributed by atoms with Crippen LogP contribution in [0.4, 0.5) is 10.5 Å². The van der Waals surface area contributed by atoms with Crippen LogP contribution in [-0.4, -0.2) is 46.8 Å². The van der Waals surface area contributed by atoms with Crippen LogP contribution in [0.15, 0.2) is 18.2 Å². The number of aliphatic hydroxyl groups excluding tert-OH is 1. The molecule has 1 fully saturated rings. The maximum Gasteiger partial charge on any atom is 0.337 e. The third kappa shape index (κ3) is 3.86. The fourth-order valence-corrected chi connectivity index (χ4v) is 2.60. The van der Waals surface area contributed by atoms with Crippen molar-refractivity contribution in [3.63, 3.8) is 0 Å². The van der Waals surface area contributed by atoms with Crippen molar-refractivity contribution in [1.29, 1.82) is 0 Å². The van der Waals surface area contributed by atoms with Crippen LogP contribution < -0.4 is 5.32 Å². The first-order valence-electron chi connectivity index (χ1n) is 6.71. The van der Waals surface area contributed by atoms with Crippen molar-refractivity contribution < 1.29 is 19.8 Å². The Morgan fingerprint density at radius 3 is 2.86 bits per heavy atom. The molecule has 21 heavy (non-hydrogen) atoms. The molecule has 7 heteroatoms. The number of anilines is 1. The second kappa shape index (κ2) is 6.78. The van der Waals surface area contributed by atoms with Crippen molar-refractivity contribution in [2.45, 2.75) is 12.8 Å². The average Bonchev–Trinajstić information content (AvgIpc) is 2.89. The lowest BCUT2D eigenvalue weighted by Crippen LogP contribution is -2.33. The highest BCUT2D eigenvalue weighted by molar-refractivity contribution is 6.31. The van der Waals surface area contributed by atoms with Gasteiger partial charge in [0.1, 0.15) is 0 Å². The molecule has 1 unspecified atom stereocenters. The summed E-state index contributed by atoms with van der Waals surface area (Å²) in [6, 6.07) is 3.98. The molecule has 0 aromatic heterocycles. The van der Waals surface area contributed by atoms with Crippen molar-refractivity contribution in [3.05, 3.63) is 28.8 Å². The number of carbonyl (C=O) groups excluding carboxylic acids is 1. The van der Waals surface area contributed by atoms with E-state index in [1.807, 2.05) is 0 Å². The third-order valence-electron chi connectivity index (χ3n) is 3.56. The lowest BCUT2D eigenvalue weighted by molar-refractivity contribution is 0.0698. The number of aromatic carboxylic acids is 1. The number of benzene rings is 1. The van der Waals surface area contributed by atoms with Crippen molar-refractivity contribution >= 4 is 29.3 Å². The summed E-state index contributed by atoms with van der Waals surface area (Å²) in [6.45, 7) is 1.29. The number of hydrogen-bond acceptors (Lipinski definition) is 3. The van der Waals surface area contributed by atoms with E-state index < -0.39 is 5.97 Å². The minimum Gasteiger partial charge on any atom is -0.478 e. The predicted molar refractivity (Wildman–Crippen MR) is 78.8 cm³/mol. The van der Waals surface area contributed by atoms with Gasteiger partial charge in [-0.1, -0.05) is 11.6 Å². The van der Waals surface area contributed by atoms with Gasteiger partial charge in [0.2, 0.25) is 0 Å². The lowest BCUT2D eigenvalue weighted by Gasteiger charge is -2.18. The van der Waals surface area contributed by atoms with Gasteiger partial charge in [-0.25, -0.2) is 9.59 Å². The van der Waals surface area contributed by atoms with Gasteiger partial charge in [-0.3, -0.25) is 0 Å². The van der Waals surface area contributed by atoms with E-state index in [0.717, 1.165) is 6.42 Å². The molecule has 0 bridgehead atoms. The second-order valence-electron chi connectivity index (χ2n) is 5.04. The lowest BCUT2D eigenvalue weighted by atomic mass is 10.1. The minimum absolute atomic E-state index is 0.0399. The maximum atomic E-state index is 12.2. The molecule has 1 aromatic carbocycles. The molecule has 3 N–H and O–H groups in total. The Kier molecular flexibility index (Phi) is 5.03. The Labute approximate surface area is 127 Å². The van der Waals surface area contributed by atoms with E-state index in [2.05, 4.69) is 5.32 Å². The SMILES string of the molecule is O=C(O)c1cc(Cl)ccc1NC(=O)N1CCC(CCO)C1. The monoisotopic (exact) mass is 312 g/mol. The number of rotatable bonds is 4. The van der Waals surface area contributed by atoms with Gasteiger partial charge in [0.15, 0.2) is 0 Å². The van der Waals surface area contributed by atoms with E-state index in [1.54, 1.807) is 4.90 Å². The molecule has 1 heterocycles. The molecule has 0 spiro atoms. The van der Waals surface area contributed by atoms with Crippen molar-refractivity contribution in [3.8, 4) is 0 Å². The first-order valence-corrected chi connectivity index (χ1v) is 7.08. The smallest absolute Gasteiger partial charge is 0.337 e. The number of nitrogens with one attached hydrogen (secondary N) is 1. The van der Waals surface area contributed by atoms with E-state index >= 15 is 0 Å². The molecule has 1 saturated heterocycles. The summed E-state index contributed by atoms with van der Waals surface area (Å²) in [6.07, 6.45) is 1.52. The van der Waals surface area contributed by atoms with Crippen LogP contribution in [0.5, 0.6) is 0 Å². The van der Waals surface area contributed by atoms with Crippen LogP contribution in [0.2, 0.25) is 5.02 Å². The Bertz CT molecular complexity index is 550. The first kappa shape index (κ1) is 15.6. The van der Waals surface area contributed by atoms with Gasteiger partial charge in [-0.2, -0.15) is 0 Å². The van der Waals surface area contributed by atoms with E-state index in [9.17, 15) is 9.59 Å². The fourth-order valence-electron chi connectivity index (χ4n) is 2.43.